The van der Waals surface area contributed by atoms with Crippen LogP contribution < -0.4 is 5.43 Å². The summed E-state index contributed by atoms with van der Waals surface area (Å²) in [6.07, 6.45) is 12.2. The molecular formula is C18H23N5S. The van der Waals surface area contributed by atoms with Gasteiger partial charge in [-0.05, 0) is 44.7 Å². The van der Waals surface area contributed by atoms with E-state index < -0.39 is 0 Å². The van der Waals surface area contributed by atoms with Gasteiger partial charge in [0.1, 0.15) is 0 Å². The highest BCUT2D eigenvalue weighted by Gasteiger charge is 2.26. The molecule has 1 saturated carbocycles. The fourth-order valence-corrected chi connectivity index (χ4v) is 3.47. The Kier molecular flexibility index (Phi) is 5.69. The molecule has 1 aromatic heterocycles. The van der Waals surface area contributed by atoms with E-state index in [2.05, 4.69) is 31.6 Å². The maximum atomic E-state index is 5.55. The number of hydrazone groups is 1. The van der Waals surface area contributed by atoms with Crippen molar-refractivity contribution in [3.63, 3.8) is 0 Å². The Morgan fingerprint density at radius 3 is 2.79 bits per heavy atom. The molecule has 0 amide bonds. The van der Waals surface area contributed by atoms with Crippen molar-refractivity contribution in [2.45, 2.75) is 38.6 Å². The van der Waals surface area contributed by atoms with Gasteiger partial charge in [0, 0.05) is 36.8 Å². The maximum absolute atomic E-state index is 5.55. The molecule has 0 bridgehead atoms. The number of thiocarbonyl (C=S) groups is 1. The number of nitrogens with zero attached hydrogens (tertiary/aromatic N) is 4. The minimum Gasteiger partial charge on any atom is -0.368 e. The number of aliphatic imine (C=N–C) groups is 1. The SMILES string of the molecule is CC(=NNC(=S)C1CCC(N2C=CN=CC2)CC1)c1ccccn1. The van der Waals surface area contributed by atoms with Crippen molar-refractivity contribution < 1.29 is 0 Å². The number of rotatable bonds is 4. The molecule has 6 heteroatoms. The van der Waals surface area contributed by atoms with E-state index in [-0.39, 0.29) is 0 Å². The Morgan fingerprint density at radius 1 is 1.29 bits per heavy atom. The third-order valence-corrected chi connectivity index (χ3v) is 5.07. The van der Waals surface area contributed by atoms with Crippen LogP contribution in [0.2, 0.25) is 0 Å². The normalized spacial score (nSPS) is 24.0. The molecule has 1 fully saturated rings. The zero-order chi connectivity index (χ0) is 16.8. The van der Waals surface area contributed by atoms with Crippen LogP contribution in [0.5, 0.6) is 0 Å². The van der Waals surface area contributed by atoms with Gasteiger partial charge in [-0.25, -0.2) is 0 Å². The van der Waals surface area contributed by atoms with Crippen LogP contribution in [-0.4, -0.2) is 39.4 Å². The molecule has 1 N–H and O–H groups in total. The van der Waals surface area contributed by atoms with Gasteiger partial charge in [0.25, 0.3) is 0 Å². The molecule has 2 aliphatic rings. The summed E-state index contributed by atoms with van der Waals surface area (Å²) in [7, 11) is 0. The van der Waals surface area contributed by atoms with E-state index in [4.69, 9.17) is 12.2 Å². The van der Waals surface area contributed by atoms with Crippen LogP contribution in [0.3, 0.4) is 0 Å². The lowest BCUT2D eigenvalue weighted by Crippen LogP contribution is -2.39. The number of hydrogen-bond acceptors (Lipinski definition) is 5. The number of pyridine rings is 1. The molecule has 126 valence electrons. The van der Waals surface area contributed by atoms with E-state index in [1.165, 1.54) is 0 Å². The Balaban J connectivity index is 1.48. The van der Waals surface area contributed by atoms with Crippen molar-refractivity contribution in [3.05, 3.63) is 42.5 Å². The predicted molar refractivity (Wildman–Crippen MR) is 102 cm³/mol. The summed E-state index contributed by atoms with van der Waals surface area (Å²) in [5.41, 5.74) is 4.80. The van der Waals surface area contributed by atoms with Gasteiger partial charge < -0.3 is 4.90 Å². The highest BCUT2D eigenvalue weighted by molar-refractivity contribution is 7.80. The monoisotopic (exact) mass is 341 g/mol. The van der Waals surface area contributed by atoms with Gasteiger partial charge in [0.2, 0.25) is 0 Å². The molecule has 0 spiro atoms. The van der Waals surface area contributed by atoms with Crippen LogP contribution in [-0.2, 0) is 0 Å². The molecule has 0 saturated heterocycles. The summed E-state index contributed by atoms with van der Waals surface area (Å²) in [5, 5.41) is 4.40. The van der Waals surface area contributed by atoms with E-state index in [0.29, 0.717) is 12.0 Å². The van der Waals surface area contributed by atoms with Crippen molar-refractivity contribution in [1.82, 2.24) is 15.3 Å². The van der Waals surface area contributed by atoms with E-state index in [9.17, 15) is 0 Å². The van der Waals surface area contributed by atoms with Gasteiger partial charge >= 0.3 is 0 Å². The fraction of sp³-hybridized carbons (Fsp3) is 0.444. The lowest BCUT2D eigenvalue weighted by atomic mass is 9.85. The molecule has 5 nitrogen and oxygen atoms in total. The van der Waals surface area contributed by atoms with Gasteiger partial charge in [0.15, 0.2) is 0 Å². The molecule has 0 aromatic carbocycles. The van der Waals surface area contributed by atoms with Gasteiger partial charge in [-0.1, -0.05) is 18.3 Å². The maximum Gasteiger partial charge on any atom is 0.0992 e. The van der Waals surface area contributed by atoms with E-state index in [1.54, 1.807) is 6.20 Å². The first kappa shape index (κ1) is 16.8. The second-order valence-electron chi connectivity index (χ2n) is 6.22. The van der Waals surface area contributed by atoms with Crippen LogP contribution in [0, 0.1) is 5.92 Å². The van der Waals surface area contributed by atoms with Crippen molar-refractivity contribution in [1.29, 1.82) is 0 Å². The molecule has 1 aliphatic carbocycles. The quantitative estimate of drug-likeness (QED) is 0.519. The molecule has 0 radical (unpaired) electrons. The van der Waals surface area contributed by atoms with Crippen molar-refractivity contribution >= 4 is 29.1 Å². The van der Waals surface area contributed by atoms with Crippen molar-refractivity contribution in [3.8, 4) is 0 Å². The second-order valence-corrected chi connectivity index (χ2v) is 6.66. The highest BCUT2D eigenvalue weighted by atomic mass is 32.1. The van der Waals surface area contributed by atoms with Crippen molar-refractivity contribution in [2.24, 2.45) is 16.0 Å². The van der Waals surface area contributed by atoms with E-state index in [1.807, 2.05) is 37.5 Å². The zero-order valence-electron chi connectivity index (χ0n) is 13.9. The molecule has 1 aromatic rings. The van der Waals surface area contributed by atoms with E-state index in [0.717, 1.165) is 48.6 Å². The van der Waals surface area contributed by atoms with Gasteiger partial charge in [-0.15, -0.1) is 0 Å². The van der Waals surface area contributed by atoms with Gasteiger partial charge in [-0.3, -0.25) is 15.4 Å². The largest absolute Gasteiger partial charge is 0.368 e. The zero-order valence-corrected chi connectivity index (χ0v) is 14.7. The third kappa shape index (κ3) is 4.26. The first-order valence-corrected chi connectivity index (χ1v) is 8.84. The fourth-order valence-electron chi connectivity index (χ4n) is 3.19. The Hall–Kier alpha value is -2.08. The van der Waals surface area contributed by atoms with Gasteiger partial charge in [-0.2, -0.15) is 5.10 Å². The standard InChI is InChI=1S/C18H23N5S/c1-14(17-4-2-3-9-20-17)21-22-18(24)15-5-7-16(8-6-15)23-12-10-19-11-13-23/h2-4,9-12,15-16H,5-8,13H2,1H3,(H,22,24). The first-order valence-electron chi connectivity index (χ1n) is 8.43. The number of hydrogen-bond donors (Lipinski definition) is 1. The molecule has 0 unspecified atom stereocenters. The lowest BCUT2D eigenvalue weighted by molar-refractivity contribution is 0.223. The topological polar surface area (TPSA) is 52.9 Å². The third-order valence-electron chi connectivity index (χ3n) is 4.65. The number of aromatic nitrogens is 1. The van der Waals surface area contributed by atoms with Crippen LogP contribution in [0.4, 0.5) is 0 Å². The summed E-state index contributed by atoms with van der Waals surface area (Å²) < 4.78 is 0. The molecular weight excluding hydrogens is 318 g/mol. The predicted octanol–water partition coefficient (Wildman–Crippen LogP) is 3.14. The molecule has 3 rings (SSSR count). The summed E-state index contributed by atoms with van der Waals surface area (Å²) in [6.45, 7) is 2.86. The Labute approximate surface area is 148 Å². The average molecular weight is 341 g/mol. The summed E-state index contributed by atoms with van der Waals surface area (Å²) in [6, 6.07) is 6.41. The molecule has 0 atom stereocenters. The first-order chi connectivity index (χ1) is 11.7. The number of nitrogens with one attached hydrogen (secondary N) is 1. The van der Waals surface area contributed by atoms with Crippen LogP contribution in [0.25, 0.3) is 0 Å². The summed E-state index contributed by atoms with van der Waals surface area (Å²) >= 11 is 5.55. The lowest BCUT2D eigenvalue weighted by Gasteiger charge is -2.36. The highest BCUT2D eigenvalue weighted by Crippen LogP contribution is 2.28. The summed E-state index contributed by atoms with van der Waals surface area (Å²) in [5.74, 6) is 0.416. The van der Waals surface area contributed by atoms with Crippen LogP contribution in [0.1, 0.15) is 38.3 Å². The smallest absolute Gasteiger partial charge is 0.0992 e. The minimum atomic E-state index is 0.416. The molecule has 1 aliphatic heterocycles. The average Bonchev–Trinajstić information content (AvgIpc) is 2.67. The van der Waals surface area contributed by atoms with E-state index >= 15 is 0 Å². The second kappa shape index (κ2) is 8.15. The minimum absolute atomic E-state index is 0.416. The van der Waals surface area contributed by atoms with Gasteiger partial charge in [0.05, 0.1) is 22.9 Å². The molecule has 24 heavy (non-hydrogen) atoms. The Morgan fingerprint density at radius 2 is 2.12 bits per heavy atom. The molecule has 2 heterocycles. The Bertz CT molecular complexity index is 645. The summed E-state index contributed by atoms with van der Waals surface area (Å²) in [4.78, 5) is 11.7. The van der Waals surface area contributed by atoms with Crippen LogP contribution >= 0.6 is 12.2 Å². The van der Waals surface area contributed by atoms with Crippen LogP contribution in [0.15, 0.2) is 46.9 Å². The van der Waals surface area contributed by atoms with Crippen molar-refractivity contribution in [2.75, 3.05) is 6.54 Å².